The minimum absolute atomic E-state index is 0.0557. The molecule has 2 nitrogen and oxygen atoms in total. The van der Waals surface area contributed by atoms with Crippen LogP contribution in [0.4, 0.5) is 0 Å². The van der Waals surface area contributed by atoms with E-state index >= 15 is 0 Å². The summed E-state index contributed by atoms with van der Waals surface area (Å²) < 4.78 is 5.39. The Hall–Kier alpha value is -1.31. The molecule has 0 spiro atoms. The molecule has 1 aliphatic rings. The van der Waals surface area contributed by atoms with Crippen LogP contribution in [0.5, 0.6) is 5.75 Å². The van der Waals surface area contributed by atoms with E-state index in [1.807, 2.05) is 24.3 Å². The molecular weight excluding hydrogens is 212 g/mol. The molecule has 0 radical (unpaired) electrons. The number of esters is 1. The number of ether oxygens (including phenoxy) is 1. The van der Waals surface area contributed by atoms with Gasteiger partial charge in [-0.15, -0.1) is 0 Å². The summed E-state index contributed by atoms with van der Waals surface area (Å²) in [7, 11) is 0. The predicted octanol–water partition coefficient (Wildman–Crippen LogP) is 3.91. The van der Waals surface area contributed by atoms with Gasteiger partial charge in [0.25, 0.3) is 0 Å². The zero-order valence-corrected chi connectivity index (χ0v) is 10.6. The summed E-state index contributed by atoms with van der Waals surface area (Å²) >= 11 is 0. The second-order valence-electron chi connectivity index (χ2n) is 5.13. The van der Waals surface area contributed by atoms with Crippen LogP contribution in [-0.2, 0) is 4.79 Å². The van der Waals surface area contributed by atoms with Gasteiger partial charge in [-0.1, -0.05) is 38.8 Å². The summed E-state index contributed by atoms with van der Waals surface area (Å²) in [5.41, 5.74) is 1.27. The highest BCUT2D eigenvalue weighted by atomic mass is 16.5. The Morgan fingerprint density at radius 1 is 1.18 bits per heavy atom. The smallest absolute Gasteiger partial charge is 0.314 e. The summed E-state index contributed by atoms with van der Waals surface area (Å²) in [6.45, 7) is 4.30. The van der Waals surface area contributed by atoms with Crippen LogP contribution < -0.4 is 4.74 Å². The molecule has 0 aliphatic heterocycles. The van der Waals surface area contributed by atoms with Crippen molar-refractivity contribution in [2.75, 3.05) is 0 Å². The summed E-state index contributed by atoms with van der Waals surface area (Å²) in [5, 5.41) is 0. The van der Waals surface area contributed by atoms with Crippen molar-refractivity contribution in [1.82, 2.24) is 0 Å². The van der Waals surface area contributed by atoms with Crippen LogP contribution in [-0.4, -0.2) is 5.97 Å². The monoisotopic (exact) mass is 232 g/mol. The largest absolute Gasteiger partial charge is 0.426 e. The molecule has 2 heteroatoms. The molecular formula is C15H20O2. The molecule has 0 amide bonds. The quantitative estimate of drug-likeness (QED) is 0.583. The maximum absolute atomic E-state index is 11.8. The highest BCUT2D eigenvalue weighted by Gasteiger charge is 2.24. The Balaban J connectivity index is 1.96. The summed E-state index contributed by atoms with van der Waals surface area (Å²) in [6.07, 6.45) is 4.30. The number of carbonyl (C=O) groups excluding carboxylic acids is 1. The second-order valence-corrected chi connectivity index (χ2v) is 5.13. The third kappa shape index (κ3) is 3.09. The zero-order valence-electron chi connectivity index (χ0n) is 10.6. The van der Waals surface area contributed by atoms with Crippen molar-refractivity contribution in [1.29, 1.82) is 0 Å². The Morgan fingerprint density at radius 3 is 2.29 bits per heavy atom. The number of rotatable bonds is 3. The minimum atomic E-state index is -0.0557. The van der Waals surface area contributed by atoms with Crippen molar-refractivity contribution in [3.63, 3.8) is 0 Å². The first-order valence-corrected chi connectivity index (χ1v) is 6.48. The van der Waals surface area contributed by atoms with Gasteiger partial charge in [-0.3, -0.25) is 4.79 Å². The fourth-order valence-corrected chi connectivity index (χ4v) is 2.28. The van der Waals surface area contributed by atoms with E-state index in [9.17, 15) is 4.79 Å². The first-order chi connectivity index (χ1) is 8.16. The molecule has 1 aromatic rings. The van der Waals surface area contributed by atoms with E-state index in [1.54, 1.807) is 0 Å². The topological polar surface area (TPSA) is 26.3 Å². The van der Waals surface area contributed by atoms with Crippen molar-refractivity contribution in [2.24, 2.45) is 5.92 Å². The molecule has 0 N–H and O–H groups in total. The molecule has 0 aromatic heterocycles. The van der Waals surface area contributed by atoms with Gasteiger partial charge in [-0.05, 0) is 36.5 Å². The lowest BCUT2D eigenvalue weighted by atomic mass is 10.0. The highest BCUT2D eigenvalue weighted by Crippen LogP contribution is 2.27. The van der Waals surface area contributed by atoms with E-state index in [4.69, 9.17) is 4.74 Å². The Labute approximate surface area is 103 Å². The standard InChI is InChI=1S/C15H20O2/c1-11(2)12-7-9-14(10-8-12)17-15(16)13-5-3-4-6-13/h7-11,13H,3-6H2,1-2H3. The van der Waals surface area contributed by atoms with Crippen LogP contribution >= 0.6 is 0 Å². The van der Waals surface area contributed by atoms with E-state index in [1.165, 1.54) is 5.56 Å². The normalized spacial score (nSPS) is 16.4. The molecule has 0 bridgehead atoms. The van der Waals surface area contributed by atoms with Crippen LogP contribution in [0.25, 0.3) is 0 Å². The van der Waals surface area contributed by atoms with Crippen molar-refractivity contribution < 1.29 is 9.53 Å². The Kier molecular flexibility index (Phi) is 3.82. The van der Waals surface area contributed by atoms with Crippen molar-refractivity contribution in [3.05, 3.63) is 29.8 Å². The van der Waals surface area contributed by atoms with Gasteiger partial charge in [-0.25, -0.2) is 0 Å². The van der Waals surface area contributed by atoms with Crippen LogP contribution in [0.1, 0.15) is 51.0 Å². The maximum Gasteiger partial charge on any atom is 0.314 e. The third-order valence-electron chi connectivity index (χ3n) is 3.45. The molecule has 0 atom stereocenters. The van der Waals surface area contributed by atoms with E-state index in [0.29, 0.717) is 11.7 Å². The first kappa shape index (κ1) is 12.2. The fraction of sp³-hybridized carbons (Fsp3) is 0.533. The van der Waals surface area contributed by atoms with Crippen molar-refractivity contribution in [3.8, 4) is 5.75 Å². The van der Waals surface area contributed by atoms with Crippen LogP contribution in [0, 0.1) is 5.92 Å². The lowest BCUT2D eigenvalue weighted by molar-refractivity contribution is -0.138. The van der Waals surface area contributed by atoms with Gasteiger partial charge in [-0.2, -0.15) is 0 Å². The van der Waals surface area contributed by atoms with Gasteiger partial charge >= 0.3 is 5.97 Å². The van der Waals surface area contributed by atoms with Gasteiger partial charge in [0.15, 0.2) is 0 Å². The number of hydrogen-bond acceptors (Lipinski definition) is 2. The second kappa shape index (κ2) is 5.35. The molecule has 92 valence electrons. The molecule has 1 aromatic carbocycles. The number of hydrogen-bond donors (Lipinski definition) is 0. The molecule has 1 fully saturated rings. The molecule has 0 unspecified atom stereocenters. The van der Waals surface area contributed by atoms with Gasteiger partial charge in [0.05, 0.1) is 5.92 Å². The average Bonchev–Trinajstić information content (AvgIpc) is 2.83. The fourth-order valence-electron chi connectivity index (χ4n) is 2.28. The van der Waals surface area contributed by atoms with Gasteiger partial charge in [0.1, 0.15) is 5.75 Å². The lowest BCUT2D eigenvalue weighted by Gasteiger charge is -2.10. The predicted molar refractivity (Wildman–Crippen MR) is 68.1 cm³/mol. The number of benzene rings is 1. The molecule has 1 saturated carbocycles. The molecule has 0 saturated heterocycles. The van der Waals surface area contributed by atoms with E-state index < -0.39 is 0 Å². The molecule has 1 aliphatic carbocycles. The minimum Gasteiger partial charge on any atom is -0.426 e. The molecule has 2 rings (SSSR count). The van der Waals surface area contributed by atoms with Gasteiger partial charge in [0, 0.05) is 0 Å². The van der Waals surface area contributed by atoms with Crippen molar-refractivity contribution >= 4 is 5.97 Å². The highest BCUT2D eigenvalue weighted by molar-refractivity contribution is 5.75. The molecule has 17 heavy (non-hydrogen) atoms. The third-order valence-corrected chi connectivity index (χ3v) is 3.45. The van der Waals surface area contributed by atoms with Crippen LogP contribution in [0.2, 0.25) is 0 Å². The van der Waals surface area contributed by atoms with Gasteiger partial charge in [0.2, 0.25) is 0 Å². The van der Waals surface area contributed by atoms with E-state index in [2.05, 4.69) is 13.8 Å². The first-order valence-electron chi connectivity index (χ1n) is 6.48. The SMILES string of the molecule is CC(C)c1ccc(OC(=O)C2CCCC2)cc1. The van der Waals surface area contributed by atoms with Crippen LogP contribution in [0.15, 0.2) is 24.3 Å². The molecule has 0 heterocycles. The summed E-state index contributed by atoms with van der Waals surface area (Å²) in [6, 6.07) is 7.84. The average molecular weight is 232 g/mol. The van der Waals surface area contributed by atoms with Crippen molar-refractivity contribution in [2.45, 2.75) is 45.4 Å². The Bertz CT molecular complexity index is 372. The van der Waals surface area contributed by atoms with E-state index in [0.717, 1.165) is 25.7 Å². The maximum atomic E-state index is 11.8. The summed E-state index contributed by atoms with van der Waals surface area (Å²) in [5.74, 6) is 1.25. The van der Waals surface area contributed by atoms with Gasteiger partial charge < -0.3 is 4.74 Å². The van der Waals surface area contributed by atoms with Crippen LogP contribution in [0.3, 0.4) is 0 Å². The lowest BCUT2D eigenvalue weighted by Crippen LogP contribution is -2.17. The van der Waals surface area contributed by atoms with E-state index in [-0.39, 0.29) is 11.9 Å². The Morgan fingerprint density at radius 2 is 1.76 bits per heavy atom. The number of carbonyl (C=O) groups is 1. The zero-order chi connectivity index (χ0) is 12.3. The summed E-state index contributed by atoms with van der Waals surface area (Å²) in [4.78, 5) is 11.8.